The Balaban J connectivity index is 1.29. The van der Waals surface area contributed by atoms with Crippen molar-refractivity contribution >= 4 is 29.1 Å². The van der Waals surface area contributed by atoms with Crippen LogP contribution in [0.2, 0.25) is 5.02 Å². The molecule has 0 aromatic heterocycles. The van der Waals surface area contributed by atoms with Gasteiger partial charge in [-0.15, -0.1) is 0 Å². The fourth-order valence-corrected chi connectivity index (χ4v) is 6.15. The lowest BCUT2D eigenvalue weighted by Gasteiger charge is -2.40. The van der Waals surface area contributed by atoms with E-state index >= 15 is 4.39 Å². The second-order valence-electron chi connectivity index (χ2n) is 10.6. The number of carbonyl (C=O) groups is 2. The third-order valence-electron chi connectivity index (χ3n) is 8.18. The Kier molecular flexibility index (Phi) is 9.18. The first-order valence-corrected chi connectivity index (χ1v) is 14.5. The van der Waals surface area contributed by atoms with E-state index in [9.17, 15) is 9.59 Å². The number of nitrogens with zero attached hydrogens (tertiary/aromatic N) is 3. The first kappa shape index (κ1) is 29.7. The highest BCUT2D eigenvalue weighted by molar-refractivity contribution is 6.30. The third kappa shape index (κ3) is 6.03. The molecule has 0 aliphatic carbocycles. The van der Waals surface area contributed by atoms with Crippen molar-refractivity contribution in [1.29, 1.82) is 0 Å². The van der Waals surface area contributed by atoms with Crippen LogP contribution in [0.4, 0.5) is 10.1 Å². The fraction of sp³-hybridized carbons (Fsp3) is 0.375. The van der Waals surface area contributed by atoms with Crippen molar-refractivity contribution in [3.8, 4) is 11.5 Å². The topological polar surface area (TPSA) is 74.4 Å². The molecular formula is C32H36ClFN4O4. The van der Waals surface area contributed by atoms with Gasteiger partial charge in [-0.05, 0) is 54.9 Å². The molecule has 0 bridgehead atoms. The number of rotatable bonds is 9. The molecular weight excluding hydrogens is 559 g/mol. The average Bonchev–Trinajstić information content (AvgIpc) is 3.01. The van der Waals surface area contributed by atoms with Gasteiger partial charge in [0.05, 0.1) is 26.2 Å². The average molecular weight is 595 g/mol. The fourth-order valence-electron chi connectivity index (χ4n) is 5.96. The Morgan fingerprint density at radius 3 is 2.38 bits per heavy atom. The van der Waals surface area contributed by atoms with Crippen LogP contribution in [-0.4, -0.2) is 82.1 Å². The lowest BCUT2D eigenvalue weighted by Crippen LogP contribution is -2.47. The van der Waals surface area contributed by atoms with E-state index in [2.05, 4.69) is 21.2 Å². The summed E-state index contributed by atoms with van der Waals surface area (Å²) in [6.07, 6.45) is 0.757. The molecule has 0 radical (unpaired) electrons. The van der Waals surface area contributed by atoms with Crippen molar-refractivity contribution < 1.29 is 23.5 Å². The van der Waals surface area contributed by atoms with Gasteiger partial charge >= 0.3 is 0 Å². The Bertz CT molecular complexity index is 1450. The zero-order chi connectivity index (χ0) is 29.8. The number of likely N-dealkylation sites (N-methyl/N-ethyl adjacent to an activating group) is 1. The number of halogens is 2. The molecule has 2 aliphatic rings. The minimum atomic E-state index is -0.847. The van der Waals surface area contributed by atoms with Gasteiger partial charge in [0.25, 0.3) is 5.91 Å². The number of hydrogen-bond donors (Lipinski definition) is 1. The smallest absolute Gasteiger partial charge is 0.254 e. The number of piperazine rings is 1. The van der Waals surface area contributed by atoms with Gasteiger partial charge in [-0.2, -0.15) is 0 Å². The van der Waals surface area contributed by atoms with E-state index in [4.69, 9.17) is 21.1 Å². The minimum absolute atomic E-state index is 0.276. The van der Waals surface area contributed by atoms with Crippen LogP contribution in [0.15, 0.2) is 60.7 Å². The van der Waals surface area contributed by atoms with Crippen LogP contribution in [0.25, 0.3) is 0 Å². The lowest BCUT2D eigenvalue weighted by atomic mass is 9.79. The maximum atomic E-state index is 15.1. The van der Waals surface area contributed by atoms with Gasteiger partial charge in [0.15, 0.2) is 11.5 Å². The molecule has 3 aromatic carbocycles. The van der Waals surface area contributed by atoms with E-state index in [1.165, 1.54) is 25.2 Å². The number of benzene rings is 3. The largest absolute Gasteiger partial charge is 0.493 e. The first-order chi connectivity index (χ1) is 20.3. The van der Waals surface area contributed by atoms with Crippen LogP contribution >= 0.6 is 11.6 Å². The molecule has 2 atom stereocenters. The van der Waals surface area contributed by atoms with Crippen LogP contribution in [0, 0.1) is 5.82 Å². The molecule has 2 amide bonds. The lowest BCUT2D eigenvalue weighted by molar-refractivity contribution is -0.124. The van der Waals surface area contributed by atoms with E-state index in [0.29, 0.717) is 29.2 Å². The SMILES string of the molecule is COc1cc2c(cc1OC)[C@@H](C(=O)NCCCN1CCN(c3cccc(Cl)c3)CC1)[C@@H](c1ccccc1F)N(C)C2=O. The Labute approximate surface area is 250 Å². The number of carbonyl (C=O) groups excluding carboxylic acids is 2. The predicted molar refractivity (Wildman–Crippen MR) is 161 cm³/mol. The highest BCUT2D eigenvalue weighted by Gasteiger charge is 2.44. The molecule has 1 N–H and O–H groups in total. The standard InChI is InChI=1S/C32H36ClFN4O4/c1-36-30(23-10-4-5-11-26(23)34)29(24-19-27(41-2)28(42-3)20-25(24)32(36)40)31(39)35-12-7-13-37-14-16-38(17-15-37)22-9-6-8-21(33)18-22/h4-6,8-11,18-20,29-30H,7,12-17H2,1-3H3,(H,35,39)/t29-,30-/m1/s1. The number of ether oxygens (including phenoxy) is 2. The van der Waals surface area contributed by atoms with Crippen LogP contribution in [0.1, 0.15) is 39.9 Å². The molecule has 0 unspecified atom stereocenters. The molecule has 1 fully saturated rings. The molecule has 222 valence electrons. The number of fused-ring (bicyclic) bond motifs is 1. The summed E-state index contributed by atoms with van der Waals surface area (Å²) < 4.78 is 26.0. The monoisotopic (exact) mass is 594 g/mol. The van der Waals surface area contributed by atoms with Crippen LogP contribution in [0.5, 0.6) is 11.5 Å². The number of anilines is 1. The summed E-state index contributed by atoms with van der Waals surface area (Å²) in [5, 5.41) is 3.80. The van der Waals surface area contributed by atoms with E-state index in [0.717, 1.165) is 49.9 Å². The molecule has 10 heteroatoms. The Morgan fingerprint density at radius 1 is 0.976 bits per heavy atom. The zero-order valence-electron chi connectivity index (χ0n) is 24.1. The summed E-state index contributed by atoms with van der Waals surface area (Å²) >= 11 is 6.16. The van der Waals surface area contributed by atoms with Crippen molar-refractivity contribution in [2.45, 2.75) is 18.4 Å². The summed E-state index contributed by atoms with van der Waals surface area (Å²) in [6.45, 7) is 4.93. The number of hydrogen-bond acceptors (Lipinski definition) is 6. The molecule has 3 aromatic rings. The van der Waals surface area contributed by atoms with Crippen molar-refractivity contribution in [3.05, 3.63) is 88.2 Å². The highest BCUT2D eigenvalue weighted by atomic mass is 35.5. The third-order valence-corrected chi connectivity index (χ3v) is 8.41. The van der Waals surface area contributed by atoms with E-state index < -0.39 is 17.8 Å². The van der Waals surface area contributed by atoms with Gasteiger partial charge in [-0.25, -0.2) is 4.39 Å². The summed E-state index contributed by atoms with van der Waals surface area (Å²) in [5.74, 6) is -1.13. The molecule has 5 rings (SSSR count). The molecule has 2 heterocycles. The van der Waals surface area contributed by atoms with Gasteiger partial charge in [0.2, 0.25) is 5.91 Å². The van der Waals surface area contributed by atoms with E-state index in [1.54, 1.807) is 37.4 Å². The van der Waals surface area contributed by atoms with Crippen molar-refractivity contribution in [2.75, 3.05) is 65.4 Å². The summed E-state index contributed by atoms with van der Waals surface area (Å²) in [6, 6.07) is 16.6. The highest BCUT2D eigenvalue weighted by Crippen LogP contribution is 2.46. The quantitative estimate of drug-likeness (QED) is 0.361. The predicted octanol–water partition coefficient (Wildman–Crippen LogP) is 4.74. The van der Waals surface area contributed by atoms with Gasteiger partial charge in [-0.3, -0.25) is 14.5 Å². The molecule has 0 saturated carbocycles. The molecule has 8 nitrogen and oxygen atoms in total. The number of methoxy groups -OCH3 is 2. The first-order valence-electron chi connectivity index (χ1n) is 14.1. The molecule has 1 saturated heterocycles. The summed E-state index contributed by atoms with van der Waals surface area (Å²) in [4.78, 5) is 33.5. The van der Waals surface area contributed by atoms with Gasteiger partial charge in [-0.1, -0.05) is 35.9 Å². The van der Waals surface area contributed by atoms with E-state index in [1.807, 2.05) is 18.2 Å². The van der Waals surface area contributed by atoms with Crippen molar-refractivity contribution in [2.24, 2.45) is 0 Å². The zero-order valence-corrected chi connectivity index (χ0v) is 24.9. The Hall–Kier alpha value is -3.82. The summed E-state index contributed by atoms with van der Waals surface area (Å²) in [5.41, 5.74) is 2.23. The van der Waals surface area contributed by atoms with Crippen molar-refractivity contribution in [3.63, 3.8) is 0 Å². The van der Waals surface area contributed by atoms with Gasteiger partial charge < -0.3 is 24.6 Å². The maximum absolute atomic E-state index is 15.1. The number of amides is 2. The Morgan fingerprint density at radius 2 is 1.69 bits per heavy atom. The maximum Gasteiger partial charge on any atom is 0.254 e. The number of nitrogens with one attached hydrogen (secondary N) is 1. The van der Waals surface area contributed by atoms with Gasteiger partial charge in [0, 0.05) is 61.6 Å². The second kappa shape index (κ2) is 13.0. The molecule has 0 spiro atoms. The van der Waals surface area contributed by atoms with Crippen molar-refractivity contribution in [1.82, 2.24) is 15.1 Å². The van der Waals surface area contributed by atoms with Gasteiger partial charge in [0.1, 0.15) is 5.82 Å². The van der Waals surface area contributed by atoms with E-state index in [-0.39, 0.29) is 17.4 Å². The minimum Gasteiger partial charge on any atom is -0.493 e. The van der Waals surface area contributed by atoms with Crippen LogP contribution < -0.4 is 19.7 Å². The molecule has 42 heavy (non-hydrogen) atoms. The normalized spacial score (nSPS) is 18.9. The summed E-state index contributed by atoms with van der Waals surface area (Å²) in [7, 11) is 4.59. The van der Waals surface area contributed by atoms with Crippen LogP contribution in [0.3, 0.4) is 0 Å². The second-order valence-corrected chi connectivity index (χ2v) is 11.0. The van der Waals surface area contributed by atoms with Crippen LogP contribution in [-0.2, 0) is 4.79 Å². The molecule has 2 aliphatic heterocycles.